The van der Waals surface area contributed by atoms with Gasteiger partial charge < -0.3 is 5.32 Å². The zero-order valence-corrected chi connectivity index (χ0v) is 18.0. The lowest BCUT2D eigenvalue weighted by atomic mass is 10.1. The topological polar surface area (TPSA) is 81.1 Å². The van der Waals surface area contributed by atoms with Gasteiger partial charge in [0.25, 0.3) is 5.56 Å². The van der Waals surface area contributed by atoms with E-state index < -0.39 is 0 Å². The summed E-state index contributed by atoms with van der Waals surface area (Å²) < 4.78 is 1.46. The number of aryl methyl sites for hydroxylation is 1. The predicted molar refractivity (Wildman–Crippen MR) is 126 cm³/mol. The molecule has 0 radical (unpaired) electrons. The molecular weight excluding hydrogens is 402 g/mol. The lowest BCUT2D eigenvalue weighted by Gasteiger charge is -2.15. The van der Waals surface area contributed by atoms with Crippen molar-refractivity contribution in [3.63, 3.8) is 0 Å². The quantitative estimate of drug-likeness (QED) is 0.458. The normalized spacial score (nSPS) is 10.8. The molecule has 1 amide bonds. The number of rotatable bonds is 6. The molecule has 32 heavy (non-hydrogen) atoms. The number of nitrogens with one attached hydrogen (secondary N) is 1. The summed E-state index contributed by atoms with van der Waals surface area (Å²) in [5, 5.41) is 2.85. The van der Waals surface area contributed by atoms with Gasteiger partial charge in [0.1, 0.15) is 5.69 Å². The maximum Gasteiger partial charge on any atom is 0.278 e. The third kappa shape index (κ3) is 4.21. The fraction of sp³-hybridized carbons (Fsp3) is 0.154. The largest absolute Gasteiger partial charge is 0.325 e. The number of amides is 1. The van der Waals surface area contributed by atoms with Gasteiger partial charge in [-0.2, -0.15) is 0 Å². The highest BCUT2D eigenvalue weighted by Gasteiger charge is 2.19. The summed E-state index contributed by atoms with van der Waals surface area (Å²) in [6.45, 7) is 3.56. The predicted octanol–water partition coefficient (Wildman–Crippen LogP) is 4.60. The lowest BCUT2D eigenvalue weighted by molar-refractivity contribution is -0.115. The highest BCUT2D eigenvalue weighted by Crippen LogP contribution is 2.27. The van der Waals surface area contributed by atoms with Gasteiger partial charge in [-0.1, -0.05) is 61.0 Å². The fourth-order valence-corrected chi connectivity index (χ4v) is 3.59. The molecule has 0 saturated heterocycles. The van der Waals surface area contributed by atoms with Gasteiger partial charge in [-0.3, -0.25) is 19.0 Å². The van der Waals surface area contributed by atoms with Crippen LogP contribution in [0.5, 0.6) is 0 Å². The van der Waals surface area contributed by atoms with Crippen LogP contribution in [0.25, 0.3) is 22.3 Å². The lowest BCUT2D eigenvalue weighted by Crippen LogP contribution is -2.27. The molecule has 160 valence electrons. The van der Waals surface area contributed by atoms with Gasteiger partial charge in [0.15, 0.2) is 5.78 Å². The van der Waals surface area contributed by atoms with E-state index in [1.54, 1.807) is 43.3 Å². The van der Waals surface area contributed by atoms with Crippen molar-refractivity contribution in [1.82, 2.24) is 9.55 Å². The smallest absolute Gasteiger partial charge is 0.278 e. The van der Waals surface area contributed by atoms with Crippen molar-refractivity contribution >= 4 is 28.4 Å². The number of fused-ring (bicyclic) bond motifs is 1. The Morgan fingerprint density at radius 3 is 2.44 bits per heavy atom. The molecule has 0 bridgehead atoms. The van der Waals surface area contributed by atoms with Crippen LogP contribution in [-0.2, 0) is 11.3 Å². The average molecular weight is 425 g/mol. The molecular formula is C26H23N3O3. The molecule has 0 spiro atoms. The number of carbonyl (C=O) groups is 2. The standard InChI is InChI=1S/C26H23N3O3/c1-3-24(31)27-20-14-13-17(2)15-19(20)25-26(32)29(22-12-8-7-11-21(22)28-25)16-23(30)18-9-5-4-6-10-18/h4-15H,3,16H2,1-2H3,(H,27,31). The molecule has 6 heteroatoms. The van der Waals surface area contributed by atoms with E-state index in [9.17, 15) is 14.4 Å². The van der Waals surface area contributed by atoms with Crippen molar-refractivity contribution in [3.8, 4) is 11.3 Å². The van der Waals surface area contributed by atoms with Gasteiger partial charge in [0.05, 0.1) is 23.3 Å². The van der Waals surface area contributed by atoms with Gasteiger partial charge in [-0.15, -0.1) is 0 Å². The Balaban J connectivity index is 1.91. The Morgan fingerprint density at radius 1 is 0.969 bits per heavy atom. The van der Waals surface area contributed by atoms with Gasteiger partial charge in [-0.05, 0) is 31.2 Å². The van der Waals surface area contributed by atoms with Crippen LogP contribution < -0.4 is 10.9 Å². The van der Waals surface area contributed by atoms with E-state index in [2.05, 4.69) is 10.3 Å². The first kappa shape index (κ1) is 21.2. The molecule has 1 heterocycles. The van der Waals surface area contributed by atoms with Gasteiger partial charge in [0, 0.05) is 17.5 Å². The van der Waals surface area contributed by atoms with Crippen molar-refractivity contribution in [1.29, 1.82) is 0 Å². The van der Waals surface area contributed by atoms with E-state index in [0.717, 1.165) is 5.56 Å². The summed E-state index contributed by atoms with van der Waals surface area (Å²) in [6.07, 6.45) is 0.314. The minimum Gasteiger partial charge on any atom is -0.325 e. The number of hydrogen-bond donors (Lipinski definition) is 1. The van der Waals surface area contributed by atoms with E-state index in [0.29, 0.717) is 34.3 Å². The molecule has 0 fully saturated rings. The number of aromatic nitrogens is 2. The van der Waals surface area contributed by atoms with E-state index in [1.165, 1.54) is 4.57 Å². The molecule has 0 saturated carbocycles. The van der Waals surface area contributed by atoms with Crippen LogP contribution >= 0.6 is 0 Å². The maximum absolute atomic E-state index is 13.6. The van der Waals surface area contributed by atoms with Crippen LogP contribution in [-0.4, -0.2) is 21.2 Å². The minimum absolute atomic E-state index is 0.110. The van der Waals surface area contributed by atoms with Crippen molar-refractivity contribution in [3.05, 3.63) is 94.3 Å². The van der Waals surface area contributed by atoms with E-state index >= 15 is 0 Å². The number of benzene rings is 3. The van der Waals surface area contributed by atoms with Gasteiger partial charge in [-0.25, -0.2) is 4.98 Å². The Bertz CT molecular complexity index is 1370. The molecule has 3 aromatic carbocycles. The Kier molecular flexibility index (Phi) is 5.94. The summed E-state index contributed by atoms with van der Waals surface area (Å²) in [5.74, 6) is -0.325. The van der Waals surface area contributed by atoms with Crippen molar-refractivity contribution in [2.45, 2.75) is 26.8 Å². The first-order valence-corrected chi connectivity index (χ1v) is 10.5. The second kappa shape index (κ2) is 8.98. The zero-order valence-electron chi connectivity index (χ0n) is 18.0. The number of carbonyl (C=O) groups excluding carboxylic acids is 2. The number of Topliss-reactive ketones (excluding diaryl/α,β-unsaturated/α-hetero) is 1. The summed E-state index contributed by atoms with van der Waals surface area (Å²) in [4.78, 5) is 43.2. The summed E-state index contributed by atoms with van der Waals surface area (Å²) >= 11 is 0. The highest BCUT2D eigenvalue weighted by atomic mass is 16.2. The van der Waals surface area contributed by atoms with E-state index in [1.807, 2.05) is 43.3 Å². The average Bonchev–Trinajstić information content (AvgIpc) is 2.82. The summed E-state index contributed by atoms with van der Waals surface area (Å²) in [7, 11) is 0. The molecule has 0 aliphatic rings. The Morgan fingerprint density at radius 2 is 1.69 bits per heavy atom. The molecule has 6 nitrogen and oxygen atoms in total. The van der Waals surface area contributed by atoms with Crippen LogP contribution in [0.2, 0.25) is 0 Å². The maximum atomic E-state index is 13.6. The first-order valence-electron chi connectivity index (χ1n) is 10.5. The second-order valence-electron chi connectivity index (χ2n) is 7.58. The van der Waals surface area contributed by atoms with Crippen LogP contribution in [0.1, 0.15) is 29.3 Å². The molecule has 0 atom stereocenters. The SMILES string of the molecule is CCC(=O)Nc1ccc(C)cc1-c1nc2ccccc2n(CC(=O)c2ccccc2)c1=O. The highest BCUT2D eigenvalue weighted by molar-refractivity contribution is 5.97. The fourth-order valence-electron chi connectivity index (χ4n) is 3.59. The minimum atomic E-state index is -0.384. The number of nitrogens with zero attached hydrogens (tertiary/aromatic N) is 2. The number of anilines is 1. The third-order valence-corrected chi connectivity index (χ3v) is 5.28. The van der Waals surface area contributed by atoms with E-state index in [4.69, 9.17) is 0 Å². The third-order valence-electron chi connectivity index (χ3n) is 5.28. The Labute approximate surface area is 185 Å². The summed E-state index contributed by atoms with van der Waals surface area (Å²) in [5.41, 5.74) is 3.50. The molecule has 0 unspecified atom stereocenters. The van der Waals surface area contributed by atoms with Crippen LogP contribution in [0.15, 0.2) is 77.6 Å². The summed E-state index contributed by atoms with van der Waals surface area (Å²) in [6, 6.07) is 21.6. The van der Waals surface area contributed by atoms with Crippen LogP contribution in [0.3, 0.4) is 0 Å². The second-order valence-corrected chi connectivity index (χ2v) is 7.58. The van der Waals surface area contributed by atoms with Gasteiger partial charge >= 0.3 is 0 Å². The van der Waals surface area contributed by atoms with Crippen molar-refractivity contribution < 1.29 is 9.59 Å². The molecule has 0 aliphatic carbocycles. The zero-order chi connectivity index (χ0) is 22.7. The van der Waals surface area contributed by atoms with Gasteiger partial charge in [0.2, 0.25) is 5.91 Å². The van der Waals surface area contributed by atoms with Crippen LogP contribution in [0, 0.1) is 6.92 Å². The van der Waals surface area contributed by atoms with Crippen molar-refractivity contribution in [2.75, 3.05) is 5.32 Å². The van der Waals surface area contributed by atoms with Crippen molar-refractivity contribution in [2.24, 2.45) is 0 Å². The number of hydrogen-bond acceptors (Lipinski definition) is 4. The molecule has 1 N–H and O–H groups in total. The first-order chi connectivity index (χ1) is 15.5. The molecule has 0 aliphatic heterocycles. The molecule has 4 rings (SSSR count). The number of para-hydroxylation sites is 2. The molecule has 1 aromatic heterocycles. The molecule has 4 aromatic rings. The van der Waals surface area contributed by atoms with E-state index in [-0.39, 0.29) is 29.5 Å². The Hall–Kier alpha value is -4.06. The van der Waals surface area contributed by atoms with Crippen LogP contribution in [0.4, 0.5) is 5.69 Å². The monoisotopic (exact) mass is 425 g/mol. The number of ketones is 1.